The van der Waals surface area contributed by atoms with E-state index in [1.54, 1.807) is 12.4 Å². The van der Waals surface area contributed by atoms with Crippen molar-refractivity contribution < 1.29 is 4.79 Å². The number of aromatic nitrogens is 2. The molecule has 1 saturated heterocycles. The van der Waals surface area contributed by atoms with E-state index >= 15 is 0 Å². The van der Waals surface area contributed by atoms with Gasteiger partial charge in [-0.05, 0) is 0 Å². The van der Waals surface area contributed by atoms with E-state index in [9.17, 15) is 4.79 Å². The predicted octanol–water partition coefficient (Wildman–Crippen LogP) is -0.301. The fraction of sp³-hybridized carbons (Fsp3) is 0.444. The Balaban J connectivity index is 2.11. The summed E-state index contributed by atoms with van der Waals surface area (Å²) in [6, 6.07) is 0. The molecule has 0 atom stereocenters. The van der Waals surface area contributed by atoms with Gasteiger partial charge in [-0.25, -0.2) is 9.97 Å². The summed E-state index contributed by atoms with van der Waals surface area (Å²) < 4.78 is 0. The van der Waals surface area contributed by atoms with Crippen molar-refractivity contribution in [1.82, 2.24) is 15.3 Å². The lowest BCUT2D eigenvalue weighted by Gasteiger charge is -2.27. The molecule has 0 bridgehead atoms. The third kappa shape index (κ3) is 1.88. The van der Waals surface area contributed by atoms with E-state index in [1.807, 2.05) is 0 Å². The van der Waals surface area contributed by atoms with Gasteiger partial charge < -0.3 is 10.2 Å². The maximum atomic E-state index is 10.4. The van der Waals surface area contributed by atoms with Gasteiger partial charge in [-0.2, -0.15) is 0 Å². The highest BCUT2D eigenvalue weighted by Crippen LogP contribution is 2.06. The third-order valence-corrected chi connectivity index (χ3v) is 2.19. The zero-order chi connectivity index (χ0) is 9.80. The van der Waals surface area contributed by atoms with Gasteiger partial charge in [-0.1, -0.05) is 0 Å². The van der Waals surface area contributed by atoms with Crippen molar-refractivity contribution in [2.45, 2.75) is 0 Å². The van der Waals surface area contributed by atoms with Crippen LogP contribution in [0.2, 0.25) is 0 Å². The van der Waals surface area contributed by atoms with Crippen LogP contribution in [0.15, 0.2) is 12.4 Å². The van der Waals surface area contributed by atoms with Crippen molar-refractivity contribution in [2.75, 3.05) is 31.1 Å². The van der Waals surface area contributed by atoms with Gasteiger partial charge in [0, 0.05) is 38.6 Å². The molecule has 0 aromatic carbocycles. The molecular weight excluding hydrogens is 180 g/mol. The topological polar surface area (TPSA) is 58.1 Å². The third-order valence-electron chi connectivity index (χ3n) is 2.19. The standard InChI is InChI=1S/C9H12N4O/c14-7-8-5-11-9(12-6-8)13-3-1-10-2-4-13/h5-7,10H,1-4H2. The van der Waals surface area contributed by atoms with Gasteiger partial charge in [0.2, 0.25) is 5.95 Å². The van der Waals surface area contributed by atoms with E-state index in [4.69, 9.17) is 0 Å². The molecule has 74 valence electrons. The van der Waals surface area contributed by atoms with Gasteiger partial charge in [0.05, 0.1) is 5.56 Å². The van der Waals surface area contributed by atoms with Gasteiger partial charge in [-0.3, -0.25) is 4.79 Å². The average molecular weight is 192 g/mol. The van der Waals surface area contributed by atoms with Crippen LogP contribution in [-0.4, -0.2) is 42.4 Å². The Bertz CT molecular complexity index is 305. The smallest absolute Gasteiger partial charge is 0.225 e. The van der Waals surface area contributed by atoms with Crippen LogP contribution in [0.4, 0.5) is 5.95 Å². The van der Waals surface area contributed by atoms with E-state index in [1.165, 1.54) is 0 Å². The van der Waals surface area contributed by atoms with Gasteiger partial charge >= 0.3 is 0 Å². The first kappa shape index (κ1) is 9.08. The van der Waals surface area contributed by atoms with E-state index < -0.39 is 0 Å². The Labute approximate surface area is 82.2 Å². The minimum absolute atomic E-state index is 0.517. The molecular formula is C9H12N4O. The van der Waals surface area contributed by atoms with Gasteiger partial charge in [0.15, 0.2) is 6.29 Å². The maximum Gasteiger partial charge on any atom is 0.225 e. The summed E-state index contributed by atoms with van der Waals surface area (Å²) in [5.41, 5.74) is 0.517. The van der Waals surface area contributed by atoms with Crippen LogP contribution in [0.3, 0.4) is 0 Å². The lowest BCUT2D eigenvalue weighted by molar-refractivity contribution is 0.112. The molecule has 1 N–H and O–H groups in total. The molecule has 1 aliphatic heterocycles. The summed E-state index contributed by atoms with van der Waals surface area (Å²) in [7, 11) is 0. The minimum Gasteiger partial charge on any atom is -0.338 e. The molecule has 1 aromatic rings. The molecule has 0 aliphatic carbocycles. The number of piperazine rings is 1. The molecule has 0 unspecified atom stereocenters. The highest BCUT2D eigenvalue weighted by atomic mass is 16.1. The normalized spacial score (nSPS) is 16.7. The van der Waals surface area contributed by atoms with Crippen LogP contribution in [0, 0.1) is 0 Å². The van der Waals surface area contributed by atoms with Crippen LogP contribution >= 0.6 is 0 Å². The number of nitrogens with one attached hydrogen (secondary N) is 1. The number of hydrogen-bond donors (Lipinski definition) is 1. The van der Waals surface area contributed by atoms with E-state index in [2.05, 4.69) is 20.2 Å². The fourth-order valence-electron chi connectivity index (χ4n) is 1.42. The quantitative estimate of drug-likeness (QED) is 0.652. The summed E-state index contributed by atoms with van der Waals surface area (Å²) in [5, 5.41) is 3.25. The Morgan fingerprint density at radius 2 is 1.93 bits per heavy atom. The molecule has 2 heterocycles. The maximum absolute atomic E-state index is 10.4. The number of anilines is 1. The zero-order valence-corrected chi connectivity index (χ0v) is 7.81. The van der Waals surface area contributed by atoms with Crippen LogP contribution in [0.25, 0.3) is 0 Å². The monoisotopic (exact) mass is 192 g/mol. The number of nitrogens with zero attached hydrogens (tertiary/aromatic N) is 3. The highest BCUT2D eigenvalue weighted by molar-refractivity contribution is 5.73. The molecule has 0 spiro atoms. The zero-order valence-electron chi connectivity index (χ0n) is 7.81. The van der Waals surface area contributed by atoms with E-state index in [0.717, 1.165) is 32.5 Å². The first-order valence-electron chi connectivity index (χ1n) is 4.63. The van der Waals surface area contributed by atoms with Crippen molar-refractivity contribution in [3.05, 3.63) is 18.0 Å². The number of carbonyl (C=O) groups is 1. The summed E-state index contributed by atoms with van der Waals surface area (Å²) in [6.07, 6.45) is 3.86. The van der Waals surface area contributed by atoms with Crippen molar-refractivity contribution in [1.29, 1.82) is 0 Å². The molecule has 0 radical (unpaired) electrons. The molecule has 0 saturated carbocycles. The Kier molecular flexibility index (Phi) is 2.69. The largest absolute Gasteiger partial charge is 0.338 e. The summed E-state index contributed by atoms with van der Waals surface area (Å²) in [4.78, 5) is 20.8. The van der Waals surface area contributed by atoms with Gasteiger partial charge in [0.1, 0.15) is 0 Å². The minimum atomic E-state index is 0.517. The van der Waals surface area contributed by atoms with E-state index in [-0.39, 0.29) is 0 Å². The lowest BCUT2D eigenvalue weighted by atomic mass is 10.3. The SMILES string of the molecule is O=Cc1cnc(N2CCNCC2)nc1. The molecule has 2 rings (SSSR count). The van der Waals surface area contributed by atoms with Crippen LogP contribution in [0.5, 0.6) is 0 Å². The van der Waals surface area contributed by atoms with Gasteiger partial charge in [0.25, 0.3) is 0 Å². The first-order chi connectivity index (χ1) is 6.90. The molecule has 1 aliphatic rings. The van der Waals surface area contributed by atoms with Crippen LogP contribution in [0.1, 0.15) is 10.4 Å². The summed E-state index contributed by atoms with van der Waals surface area (Å²) in [5.74, 6) is 0.706. The predicted molar refractivity (Wildman–Crippen MR) is 52.5 cm³/mol. The van der Waals surface area contributed by atoms with Crippen LogP contribution < -0.4 is 10.2 Å². The Morgan fingerprint density at radius 1 is 1.29 bits per heavy atom. The number of aldehydes is 1. The molecule has 5 heteroatoms. The lowest BCUT2D eigenvalue weighted by Crippen LogP contribution is -2.44. The molecule has 5 nitrogen and oxygen atoms in total. The van der Waals surface area contributed by atoms with Crippen LogP contribution in [-0.2, 0) is 0 Å². The molecule has 0 amide bonds. The second-order valence-corrected chi connectivity index (χ2v) is 3.17. The molecule has 1 aromatic heterocycles. The molecule has 14 heavy (non-hydrogen) atoms. The van der Waals surface area contributed by atoms with Crippen molar-refractivity contribution in [3.8, 4) is 0 Å². The highest BCUT2D eigenvalue weighted by Gasteiger charge is 2.12. The average Bonchev–Trinajstić information content (AvgIpc) is 2.30. The number of hydrogen-bond acceptors (Lipinski definition) is 5. The number of rotatable bonds is 2. The summed E-state index contributed by atoms with van der Waals surface area (Å²) in [6.45, 7) is 3.75. The first-order valence-corrected chi connectivity index (χ1v) is 4.63. The number of carbonyl (C=O) groups excluding carboxylic acids is 1. The van der Waals surface area contributed by atoms with E-state index in [0.29, 0.717) is 11.5 Å². The second-order valence-electron chi connectivity index (χ2n) is 3.17. The fourth-order valence-corrected chi connectivity index (χ4v) is 1.42. The Morgan fingerprint density at radius 3 is 2.50 bits per heavy atom. The molecule has 1 fully saturated rings. The Hall–Kier alpha value is -1.49. The van der Waals surface area contributed by atoms with Crippen molar-refractivity contribution >= 4 is 12.2 Å². The van der Waals surface area contributed by atoms with Crippen molar-refractivity contribution in [2.24, 2.45) is 0 Å². The van der Waals surface area contributed by atoms with Crippen molar-refractivity contribution in [3.63, 3.8) is 0 Å². The summed E-state index contributed by atoms with van der Waals surface area (Å²) >= 11 is 0. The second kappa shape index (κ2) is 4.15. The van der Waals surface area contributed by atoms with Gasteiger partial charge in [-0.15, -0.1) is 0 Å².